The Kier molecular flexibility index (Phi) is 22.5. The molecule has 6 saturated carbocycles. The Morgan fingerprint density at radius 1 is 0.407 bits per heavy atom. The fraction of sp³-hybridized carbons (Fsp3) is 0.337. The van der Waals surface area contributed by atoms with E-state index in [4.69, 9.17) is 41.0 Å². The van der Waals surface area contributed by atoms with E-state index in [1.165, 1.54) is 37.4 Å². The number of hydrogen-bond acceptors (Lipinski definition) is 30. The van der Waals surface area contributed by atoms with Crippen molar-refractivity contribution in [3.63, 3.8) is 0 Å². The van der Waals surface area contributed by atoms with Gasteiger partial charge in [0.05, 0.1) is 80.9 Å². The van der Waals surface area contributed by atoms with Crippen LogP contribution in [0.1, 0.15) is 173 Å². The zero-order valence-corrected chi connectivity index (χ0v) is 74.8. The number of benzene rings is 2. The molecule has 6 fully saturated rings. The lowest BCUT2D eigenvalue weighted by Gasteiger charge is -2.18. The van der Waals surface area contributed by atoms with E-state index < -0.39 is 41.1 Å². The summed E-state index contributed by atoms with van der Waals surface area (Å²) in [7, 11) is 0. The summed E-state index contributed by atoms with van der Waals surface area (Å²) in [6.07, 6.45) is 31.2. The summed E-state index contributed by atoms with van der Waals surface area (Å²) in [5.41, 5.74) is 36.1. The molecule has 8 amide bonds. The lowest BCUT2D eigenvalue weighted by Crippen LogP contribution is -2.25. The van der Waals surface area contributed by atoms with Gasteiger partial charge in [0, 0.05) is 146 Å². The van der Waals surface area contributed by atoms with Gasteiger partial charge in [-0.3, -0.25) is 31.9 Å². The number of aromatic nitrogens is 19. The topological polar surface area (TPSA) is 595 Å². The van der Waals surface area contributed by atoms with Crippen molar-refractivity contribution in [3.05, 3.63) is 176 Å². The summed E-state index contributed by atoms with van der Waals surface area (Å²) in [5, 5.41) is 70.5. The van der Waals surface area contributed by atoms with Crippen LogP contribution in [0.5, 0.6) is 0 Å². The predicted molar refractivity (Wildman–Crippen MR) is 501 cm³/mol. The molecule has 0 saturated heterocycles. The average Bonchev–Trinajstić information content (AvgIpc) is 1.58. The number of hydrogen-bond donors (Lipinski definition) is 15. The first-order valence-electron chi connectivity index (χ1n) is 44.0. The third kappa shape index (κ3) is 19.2. The molecule has 16 aromatic rings. The second-order valence-electron chi connectivity index (χ2n) is 37.5. The van der Waals surface area contributed by atoms with E-state index in [0.717, 1.165) is 155 Å². The fourth-order valence-corrected chi connectivity index (χ4v) is 16.0. The summed E-state index contributed by atoms with van der Waals surface area (Å²) >= 11 is 0. The number of nitrogens with zero attached hydrogens (tertiary/aromatic N) is 19. The van der Waals surface area contributed by atoms with Crippen LogP contribution < -0.4 is 65.5 Å². The van der Waals surface area contributed by atoms with Gasteiger partial charge in [-0.1, -0.05) is 60.5 Å². The molecular weight excluding hydrogens is 1730 g/mol. The zero-order chi connectivity index (χ0) is 94.4. The first-order chi connectivity index (χ1) is 64.6. The van der Waals surface area contributed by atoms with Crippen molar-refractivity contribution in [1.29, 1.82) is 0 Å². The van der Waals surface area contributed by atoms with Crippen LogP contribution in [0.4, 0.5) is 93.5 Å². The minimum Gasteiger partial charge on any atom is -0.392 e. The first kappa shape index (κ1) is 88.4. The number of amides is 8. The second kappa shape index (κ2) is 34.3. The number of nitrogens with two attached hydrogens (primary N) is 4. The summed E-state index contributed by atoms with van der Waals surface area (Å²) in [4.78, 5) is 96.5. The van der Waals surface area contributed by atoms with Crippen molar-refractivity contribution in [3.8, 4) is 44.5 Å². The van der Waals surface area contributed by atoms with E-state index in [1.54, 1.807) is 99.5 Å². The van der Waals surface area contributed by atoms with Crippen LogP contribution in [0.15, 0.2) is 160 Å². The summed E-state index contributed by atoms with van der Waals surface area (Å²) in [6.45, 7) is 15.6. The van der Waals surface area contributed by atoms with Gasteiger partial charge >= 0.3 is 24.1 Å². The highest BCUT2D eigenvalue weighted by molar-refractivity contribution is 6.06. The van der Waals surface area contributed by atoms with E-state index in [2.05, 4.69) is 155 Å². The van der Waals surface area contributed by atoms with Crippen LogP contribution in [0.3, 0.4) is 0 Å². The Morgan fingerprint density at radius 2 is 0.748 bits per heavy atom. The molecule has 2 aromatic carbocycles. The van der Waals surface area contributed by atoms with Gasteiger partial charge in [0.25, 0.3) is 0 Å². The number of rotatable bonds is 23. The minimum absolute atomic E-state index is 0.00628. The Balaban J connectivity index is 0.000000116. The Labute approximate surface area is 767 Å². The van der Waals surface area contributed by atoms with Gasteiger partial charge in [0.1, 0.15) is 82.8 Å². The van der Waals surface area contributed by atoms with Gasteiger partial charge in [0.2, 0.25) is 29.5 Å². The van der Waals surface area contributed by atoms with Crippen LogP contribution in [-0.2, 0) is 41.4 Å². The molecule has 14 aromatic heterocycles. The Bertz CT molecular complexity index is 7250. The van der Waals surface area contributed by atoms with E-state index in [1.807, 2.05) is 41.4 Å². The number of anilines is 12. The number of pyridine rings is 1. The Morgan fingerprint density at radius 3 is 1.13 bits per heavy atom. The number of carbonyl (C=O) groups excluding carboxylic acids is 4. The number of nitrogens with one attached hydrogen (secondary N) is 8. The molecule has 0 spiro atoms. The number of aliphatic hydroxyl groups is 3. The maximum atomic E-state index is 15.0. The highest BCUT2D eigenvalue weighted by Crippen LogP contribution is 2.52. The van der Waals surface area contributed by atoms with Crippen LogP contribution in [-0.4, -0.2) is 144 Å². The van der Waals surface area contributed by atoms with E-state index >= 15 is 0 Å². The minimum atomic E-state index is -1.00. The number of aliphatic hydroxyl groups excluding tert-OH is 1. The number of nitrogen functional groups attached to an aromatic ring is 4. The van der Waals surface area contributed by atoms with Crippen molar-refractivity contribution in [2.24, 2.45) is 0 Å². The molecule has 0 aliphatic heterocycles. The second-order valence-corrected chi connectivity index (χ2v) is 37.5. The van der Waals surface area contributed by atoms with Crippen molar-refractivity contribution in [1.82, 2.24) is 93.7 Å². The molecule has 0 bridgehead atoms. The van der Waals surface area contributed by atoms with Gasteiger partial charge < -0.3 is 85.2 Å². The molecule has 0 atom stereocenters. The first-order valence-corrected chi connectivity index (χ1v) is 44.0. The molecule has 0 unspecified atom stereocenters. The van der Waals surface area contributed by atoms with E-state index in [-0.39, 0.29) is 75.8 Å². The van der Waals surface area contributed by atoms with Crippen molar-refractivity contribution < 1.29 is 57.0 Å². The van der Waals surface area contributed by atoms with Crippen molar-refractivity contribution in [2.45, 2.75) is 197 Å². The lowest BCUT2D eigenvalue weighted by molar-refractivity contribution is 0.0621. The highest BCUT2D eigenvalue weighted by Gasteiger charge is 2.45. The largest absolute Gasteiger partial charge is 0.392 e. The van der Waals surface area contributed by atoms with Crippen molar-refractivity contribution >= 4 is 138 Å². The number of urea groups is 4. The van der Waals surface area contributed by atoms with E-state index in [9.17, 15) is 38.9 Å². The van der Waals surface area contributed by atoms with Gasteiger partial charge in [-0.2, -0.15) is 0 Å². The third-order valence-electron chi connectivity index (χ3n) is 25.0. The summed E-state index contributed by atoms with van der Waals surface area (Å²) < 4.78 is 43.7. The molecule has 6 aliphatic carbocycles. The predicted octanol–water partition coefficient (Wildman–Crippen LogP) is 15.5. The molecule has 694 valence electrons. The summed E-state index contributed by atoms with van der Waals surface area (Å²) in [6, 6.07) is 19.1. The van der Waals surface area contributed by atoms with Crippen molar-refractivity contribution in [2.75, 3.05) is 65.5 Å². The fourth-order valence-electron chi connectivity index (χ4n) is 16.0. The summed E-state index contributed by atoms with van der Waals surface area (Å²) in [5.74, 6) is 2.34. The van der Waals surface area contributed by atoms with Gasteiger partial charge in [0.15, 0.2) is 0 Å². The maximum absolute atomic E-state index is 15.0. The average molecular weight is 1830 g/mol. The van der Waals surface area contributed by atoms with Gasteiger partial charge in [-0.05, 0) is 152 Å². The SMILES string of the molecule is CC(C)(O)Cn1cc(-c2ccc(NC(=O)Nc3cc(C4(C)CC4)no3)c(F)c2)c2c(N)ncnc21.CC(C)(O)Cn1cc(-c2ccc(NC(=O)Nc3cc(C4(C)CC4)no3)nc2)c2c(N)ncnc21.CC1(c2cc(NC(=O)Nc3ccc(-c4cn(C5CC5)c5ncnc(N)c45)cc3CO)on2)CC1.CC1(c2cc(NC(=O)Nc3ncc(-c4cn(C5CC5)c5ncnc(N)c45)cn3)on2)CC1. The number of carbonyl (C=O) groups is 4. The lowest BCUT2D eigenvalue weighted by atomic mass is 10.0. The molecule has 135 heavy (non-hydrogen) atoms. The van der Waals surface area contributed by atoms with Gasteiger partial charge in [-0.15, -0.1) is 0 Å². The highest BCUT2D eigenvalue weighted by atomic mass is 19.1. The molecule has 22 rings (SSSR count). The normalized spacial score (nSPS) is 15.7. The molecule has 19 N–H and O–H groups in total. The monoisotopic (exact) mass is 1830 g/mol. The molecule has 14 heterocycles. The molecule has 42 nitrogen and oxygen atoms in total. The van der Waals surface area contributed by atoms with Crippen LogP contribution in [0, 0.1) is 5.82 Å². The molecule has 0 radical (unpaired) electrons. The van der Waals surface area contributed by atoms with Crippen LogP contribution in [0.25, 0.3) is 88.6 Å². The maximum Gasteiger partial charge on any atom is 0.328 e. The third-order valence-corrected chi connectivity index (χ3v) is 25.0. The molecular formula is C92H98FN31O11. The smallest absolute Gasteiger partial charge is 0.328 e. The standard InChI is InChI=1S/C24H26FN7O3.C24H25N7O3.C23H26N8O3.C21H21N9O2/c1-23(2,34)11-32-10-14(19-20(26)27-12-28-21(19)32)13-4-5-16(15(25)8-13)29-22(33)30-18-9-17(31-35-18)24(3)6-7-24;1-24(6-7-24)18-9-19(34-30-18)29-23(33)28-17-5-2-13(8-14(17)11-32)16-10-31(15-3-4-15)22-20(16)21(25)26-12-27-22;1-22(2,33)11-31-10-14(18-19(24)26-12-27-20(18)31)13-4-5-16(25-9-13)28-21(32)29-17-8-15(30-34-17)23(3)6-7-23;1-21(4-5-21)14-6-15(32-29-14)27-20(31)28-19-23-7-11(8-24-19)13-9-30(12-2-3-12)18-16(13)17(22)25-10-26-18/h4-5,8-10,12,34H,6-7,11H2,1-3H3,(H2,26,27,28)(H2,29,30,33);2,5,8-10,12,15,32H,3-4,6-7,11H2,1H3,(H2,25,26,27)(H2,28,29,33);4-5,8-10,12,33H,6-7,11H2,1-3H3,(H2,24,26,27)(H2,25,28,29,32);6-10,12H,2-5H2,1H3,(H2,22,25,26)(H2,23,24,27,28,31). The Hall–Kier alpha value is -15.9. The number of fused-ring (bicyclic) bond motifs is 4. The molecule has 43 heteroatoms. The van der Waals surface area contributed by atoms with Crippen LogP contribution in [0.2, 0.25) is 0 Å². The number of halogens is 1. The zero-order valence-electron chi connectivity index (χ0n) is 74.8. The molecule has 6 aliphatic rings. The van der Waals surface area contributed by atoms with E-state index in [0.29, 0.717) is 86.3 Å². The van der Waals surface area contributed by atoms with Crippen LogP contribution >= 0.6 is 0 Å². The van der Waals surface area contributed by atoms with Gasteiger partial charge in [-0.25, -0.2) is 78.4 Å². The quantitative estimate of drug-likeness (QED) is 0.0283.